The second-order valence-electron chi connectivity index (χ2n) is 0.794. The minimum atomic E-state index is -1.34. The summed E-state index contributed by atoms with van der Waals surface area (Å²) < 4.78 is 11.0. The third-order valence-electron chi connectivity index (χ3n) is 0.291. The van der Waals surface area contributed by atoms with Crippen LogP contribution in [0.15, 0.2) is 0 Å². The normalized spacial score (nSPS) is 8.33. The smallest absolute Gasteiger partial charge is 0.261 e. The number of hydrogen-bond acceptors (Lipinski definition) is 1. The van der Waals surface area contributed by atoms with Crippen LogP contribution in [-0.4, -0.2) is 11.9 Å². The van der Waals surface area contributed by atoms with Crippen LogP contribution in [0.3, 0.4) is 0 Å². The van der Waals surface area contributed by atoms with Gasteiger partial charge in [-0.3, -0.25) is 4.79 Å². The van der Waals surface area contributed by atoms with Gasteiger partial charge in [0.2, 0.25) is 0 Å². The van der Waals surface area contributed by atoms with E-state index in [2.05, 4.69) is 0 Å². The van der Waals surface area contributed by atoms with Gasteiger partial charge in [-0.15, -0.1) is 11.6 Å². The maximum absolute atomic E-state index is 11.0. The molecule has 0 radical (unpaired) electrons. The number of carbonyl (C=O) groups is 1. The summed E-state index contributed by atoms with van der Waals surface area (Å²) in [6.07, 6.45) is -0.165. The molecule has 0 amide bonds. The molecule has 0 fully saturated rings. The van der Waals surface area contributed by atoms with Crippen LogP contribution in [0.4, 0.5) is 4.39 Å². The highest BCUT2D eigenvalue weighted by Gasteiger charge is 1.91. The van der Waals surface area contributed by atoms with Crippen molar-refractivity contribution in [1.82, 2.24) is 0 Å². The second kappa shape index (κ2) is 3.09. The molecule has 0 aromatic rings. The Hall–Kier alpha value is -0.110. The molecule has 0 saturated carbocycles. The average molecular weight is 111 g/mol. The average Bonchev–Trinajstić information content (AvgIpc) is 1.35. The molecule has 0 unspecified atom stereocenters. The van der Waals surface area contributed by atoms with Crippen LogP contribution in [0.5, 0.6) is 0 Å². The Labute approximate surface area is 40.1 Å². The van der Waals surface area contributed by atoms with Crippen molar-refractivity contribution in [3.05, 3.63) is 0 Å². The lowest BCUT2D eigenvalue weighted by Gasteiger charge is -1.74. The molecule has 0 aliphatic rings. The van der Waals surface area contributed by atoms with Gasteiger partial charge in [-0.1, -0.05) is 0 Å². The highest BCUT2D eigenvalue weighted by atomic mass is 35.5. The summed E-state index contributed by atoms with van der Waals surface area (Å²) in [5.41, 5.74) is 0. The maximum atomic E-state index is 11.0. The predicted molar refractivity (Wildman–Crippen MR) is 21.5 cm³/mol. The standard InChI is InChI=1S/C3H4ClFO/c4-2-1-3(5)6/h1-2H2. The van der Waals surface area contributed by atoms with E-state index in [1.165, 1.54) is 0 Å². The second-order valence-corrected chi connectivity index (χ2v) is 1.17. The van der Waals surface area contributed by atoms with Crippen LogP contribution in [-0.2, 0) is 4.79 Å². The fourth-order valence-corrected chi connectivity index (χ4v) is 0.223. The van der Waals surface area contributed by atoms with E-state index >= 15 is 0 Å². The Bertz CT molecular complexity index is 54.8. The number of carbonyl (C=O) groups excluding carboxylic acids is 1. The molecule has 6 heavy (non-hydrogen) atoms. The molecule has 3 heteroatoms. The Morgan fingerprint density at radius 3 is 2.33 bits per heavy atom. The third-order valence-corrected chi connectivity index (χ3v) is 0.480. The summed E-state index contributed by atoms with van der Waals surface area (Å²) in [5.74, 6) is 0.0787. The molecule has 0 aromatic heterocycles. The van der Waals surface area contributed by atoms with Crippen LogP contribution < -0.4 is 0 Å². The van der Waals surface area contributed by atoms with E-state index in [1.807, 2.05) is 0 Å². The summed E-state index contributed by atoms with van der Waals surface area (Å²) >= 11 is 4.94. The van der Waals surface area contributed by atoms with Gasteiger partial charge in [-0.25, -0.2) is 0 Å². The van der Waals surface area contributed by atoms with Crippen molar-refractivity contribution in [2.75, 3.05) is 5.88 Å². The van der Waals surface area contributed by atoms with E-state index in [-0.39, 0.29) is 12.3 Å². The molecule has 0 aliphatic heterocycles. The molecule has 0 N–H and O–H groups in total. The largest absolute Gasteiger partial charge is 0.302 e. The first-order chi connectivity index (χ1) is 2.77. The van der Waals surface area contributed by atoms with Crippen molar-refractivity contribution in [2.45, 2.75) is 6.42 Å². The lowest BCUT2D eigenvalue weighted by molar-refractivity contribution is -0.128. The van der Waals surface area contributed by atoms with Gasteiger partial charge < -0.3 is 0 Å². The zero-order valence-corrected chi connectivity index (χ0v) is 3.83. The van der Waals surface area contributed by atoms with E-state index in [4.69, 9.17) is 11.6 Å². The van der Waals surface area contributed by atoms with Crippen molar-refractivity contribution in [1.29, 1.82) is 0 Å². The zero-order chi connectivity index (χ0) is 4.99. The van der Waals surface area contributed by atoms with E-state index in [0.717, 1.165) is 0 Å². The van der Waals surface area contributed by atoms with E-state index in [1.54, 1.807) is 0 Å². The van der Waals surface area contributed by atoms with Gasteiger partial charge in [0.1, 0.15) is 0 Å². The molecular formula is C3H4ClFO. The lowest BCUT2D eigenvalue weighted by Crippen LogP contribution is -1.85. The van der Waals surface area contributed by atoms with Crippen LogP contribution in [0.1, 0.15) is 6.42 Å². The number of hydrogen-bond donors (Lipinski definition) is 0. The summed E-state index contributed by atoms with van der Waals surface area (Å²) in [5, 5.41) is 0. The fraction of sp³-hybridized carbons (Fsp3) is 0.667. The van der Waals surface area contributed by atoms with E-state index in [9.17, 15) is 9.18 Å². The third kappa shape index (κ3) is 3.89. The first-order valence-corrected chi connectivity index (χ1v) is 2.05. The number of rotatable bonds is 2. The Morgan fingerprint density at radius 2 is 2.33 bits per heavy atom. The van der Waals surface area contributed by atoms with Crippen molar-refractivity contribution < 1.29 is 9.18 Å². The zero-order valence-electron chi connectivity index (χ0n) is 3.08. The first kappa shape index (κ1) is 5.89. The minimum Gasteiger partial charge on any atom is -0.261 e. The molecule has 0 rings (SSSR count). The molecule has 0 spiro atoms. The van der Waals surface area contributed by atoms with Gasteiger partial charge >= 0.3 is 6.04 Å². The molecule has 0 saturated heterocycles. The summed E-state index contributed by atoms with van der Waals surface area (Å²) in [7, 11) is 0. The fourth-order valence-electron chi connectivity index (χ4n) is 0.0743. The number of alkyl halides is 1. The van der Waals surface area contributed by atoms with Gasteiger partial charge in [0.25, 0.3) is 0 Å². The van der Waals surface area contributed by atoms with Gasteiger partial charge in [0.05, 0.1) is 6.42 Å². The van der Waals surface area contributed by atoms with Crippen molar-refractivity contribution in [3.63, 3.8) is 0 Å². The van der Waals surface area contributed by atoms with E-state index < -0.39 is 6.04 Å². The molecule has 0 heterocycles. The van der Waals surface area contributed by atoms with Crippen molar-refractivity contribution >= 4 is 17.6 Å². The quantitative estimate of drug-likeness (QED) is 0.385. The molecule has 0 aliphatic carbocycles. The predicted octanol–water partition coefficient (Wildman–Crippen LogP) is 1.11. The molecular weight excluding hydrogens is 106 g/mol. The van der Waals surface area contributed by atoms with Crippen LogP contribution in [0.25, 0.3) is 0 Å². The summed E-state index contributed by atoms with van der Waals surface area (Å²) in [4.78, 5) is 9.29. The Morgan fingerprint density at radius 1 is 1.83 bits per heavy atom. The molecule has 0 atom stereocenters. The van der Waals surface area contributed by atoms with Gasteiger partial charge in [0, 0.05) is 5.88 Å². The molecule has 36 valence electrons. The highest BCUT2D eigenvalue weighted by molar-refractivity contribution is 6.18. The topological polar surface area (TPSA) is 17.1 Å². The molecule has 1 nitrogen and oxygen atoms in total. The Kier molecular flexibility index (Phi) is 3.04. The van der Waals surface area contributed by atoms with Gasteiger partial charge in [0.15, 0.2) is 0 Å². The minimum absolute atomic E-state index is 0.0787. The van der Waals surface area contributed by atoms with E-state index in [0.29, 0.717) is 0 Å². The van der Waals surface area contributed by atoms with Crippen LogP contribution in [0, 0.1) is 0 Å². The maximum Gasteiger partial charge on any atom is 0.302 e. The highest BCUT2D eigenvalue weighted by Crippen LogP contribution is 1.85. The van der Waals surface area contributed by atoms with Gasteiger partial charge in [-0.05, 0) is 0 Å². The van der Waals surface area contributed by atoms with Crippen molar-refractivity contribution in [3.8, 4) is 0 Å². The molecule has 0 bridgehead atoms. The van der Waals surface area contributed by atoms with Crippen LogP contribution >= 0.6 is 11.6 Å². The first-order valence-electron chi connectivity index (χ1n) is 1.51. The Balaban J connectivity index is 2.83. The summed E-state index contributed by atoms with van der Waals surface area (Å²) in [6, 6.07) is -1.34. The monoisotopic (exact) mass is 110 g/mol. The molecule has 0 aromatic carbocycles. The summed E-state index contributed by atoms with van der Waals surface area (Å²) in [6.45, 7) is 0. The SMILES string of the molecule is O=C(F)CCCl. The number of halogens is 2. The lowest BCUT2D eigenvalue weighted by atomic mass is 10.5. The van der Waals surface area contributed by atoms with Crippen molar-refractivity contribution in [2.24, 2.45) is 0 Å². The van der Waals surface area contributed by atoms with Gasteiger partial charge in [-0.2, -0.15) is 4.39 Å². The van der Waals surface area contributed by atoms with Crippen LogP contribution in [0.2, 0.25) is 0 Å².